The predicted molar refractivity (Wildman–Crippen MR) is 158 cm³/mol. The normalized spacial score (nSPS) is 17.1. The van der Waals surface area contributed by atoms with Crippen molar-refractivity contribution in [2.75, 3.05) is 4.90 Å². The van der Waals surface area contributed by atoms with Crippen LogP contribution in [0.15, 0.2) is 71.5 Å². The van der Waals surface area contributed by atoms with Crippen molar-refractivity contribution in [3.8, 4) is 5.75 Å². The van der Waals surface area contributed by atoms with Crippen LogP contribution in [-0.2, 0) is 0 Å². The first-order valence-electron chi connectivity index (χ1n) is 14.2. The van der Waals surface area contributed by atoms with Gasteiger partial charge in [0.1, 0.15) is 17.5 Å². The number of Topliss-reactive ketones (excluding diaryl/α,β-unsaturated/α-hetero) is 2. The minimum Gasteiger partial charge on any atom is -0.508 e. The van der Waals surface area contributed by atoms with Gasteiger partial charge >= 0.3 is 0 Å². The van der Waals surface area contributed by atoms with Crippen LogP contribution in [0.5, 0.6) is 5.75 Å². The number of anilines is 1. The van der Waals surface area contributed by atoms with E-state index in [-0.39, 0.29) is 44.7 Å². The molecule has 0 radical (unpaired) electrons. The third kappa shape index (κ3) is 3.71. The van der Waals surface area contributed by atoms with E-state index < -0.39 is 34.9 Å². The van der Waals surface area contributed by atoms with E-state index in [4.69, 9.17) is 0 Å². The maximum absolute atomic E-state index is 13.5. The number of phenols is 1. The Morgan fingerprint density at radius 3 is 1.91 bits per heavy atom. The highest BCUT2D eigenvalue weighted by atomic mass is 16.3. The van der Waals surface area contributed by atoms with Crippen LogP contribution in [0.25, 0.3) is 21.7 Å². The van der Waals surface area contributed by atoms with Gasteiger partial charge in [0, 0.05) is 11.1 Å². The van der Waals surface area contributed by atoms with Gasteiger partial charge in [-0.1, -0.05) is 25.0 Å². The number of aromatic hydroxyl groups is 1. The Morgan fingerprint density at radius 1 is 0.721 bits per heavy atom. The molecule has 9 heteroatoms. The fraction of sp³-hybridized carbons (Fsp3) is 0.176. The van der Waals surface area contributed by atoms with Crippen molar-refractivity contribution in [3.63, 3.8) is 0 Å². The number of amides is 2. The molecule has 3 aliphatic rings. The molecule has 2 amide bonds. The van der Waals surface area contributed by atoms with Gasteiger partial charge in [0.25, 0.3) is 17.4 Å². The number of carbonyl (C=O) groups excluding carboxylic acids is 4. The summed E-state index contributed by atoms with van der Waals surface area (Å²) in [6, 6.07) is 18.0. The number of aromatic amines is 1. The average Bonchev–Trinajstić information content (AvgIpc) is 3.69. The van der Waals surface area contributed by atoms with Gasteiger partial charge in [-0.2, -0.15) is 0 Å². The summed E-state index contributed by atoms with van der Waals surface area (Å²) < 4.78 is 0. The van der Waals surface area contributed by atoms with E-state index >= 15 is 0 Å². The zero-order valence-corrected chi connectivity index (χ0v) is 22.7. The number of carbonyl (C=O) groups is 4. The number of hydrogen-bond donors (Lipinski definition) is 2. The Kier molecular flexibility index (Phi) is 5.31. The predicted octanol–water partition coefficient (Wildman–Crippen LogP) is 5.40. The molecule has 2 heterocycles. The molecule has 2 N–H and O–H groups in total. The van der Waals surface area contributed by atoms with E-state index in [0.29, 0.717) is 22.4 Å². The largest absolute Gasteiger partial charge is 0.508 e. The highest BCUT2D eigenvalue weighted by Crippen LogP contribution is 2.39. The van der Waals surface area contributed by atoms with E-state index in [1.54, 1.807) is 24.3 Å². The van der Waals surface area contributed by atoms with Crippen molar-refractivity contribution in [2.24, 2.45) is 0 Å². The lowest BCUT2D eigenvalue weighted by Gasteiger charge is -2.16. The fourth-order valence-corrected chi connectivity index (χ4v) is 6.79. The summed E-state index contributed by atoms with van der Waals surface area (Å²) >= 11 is 0. The second kappa shape index (κ2) is 9.03. The third-order valence-corrected chi connectivity index (χ3v) is 8.99. The number of nitrogens with zero attached hydrogens (tertiary/aromatic N) is 2. The number of imide groups is 1. The van der Waals surface area contributed by atoms with Crippen LogP contribution < -0.4 is 10.5 Å². The fourth-order valence-electron chi connectivity index (χ4n) is 6.79. The van der Waals surface area contributed by atoms with Crippen molar-refractivity contribution >= 4 is 50.7 Å². The number of phenolic OH excluding ortho intramolecular Hbond substituents is 1. The Balaban J connectivity index is 1.15. The molecule has 0 unspecified atom stereocenters. The van der Waals surface area contributed by atoms with Crippen molar-refractivity contribution in [1.29, 1.82) is 0 Å². The molecule has 1 fully saturated rings. The standard InChI is InChI=1S/C34H23N3O6/c38-21-9-10-27-26(15-21)32(41)36-31(35-27)28-29(39)22-11-18-13-24-25(14-19(18)12-23(22)30(28)40)34(43)37(33(24)42)20-7-5-17(6-8-20)16-3-1-2-4-16/h5-16,28,38H,1-4H2,(H,35,36,41). The molecule has 1 aromatic heterocycles. The highest BCUT2D eigenvalue weighted by Gasteiger charge is 2.43. The number of benzene rings is 4. The first-order chi connectivity index (χ1) is 20.8. The minimum absolute atomic E-state index is 0.0825. The number of H-pyrrole nitrogens is 1. The molecule has 8 rings (SSSR count). The number of rotatable bonds is 3. The molecular weight excluding hydrogens is 546 g/mol. The van der Waals surface area contributed by atoms with Crippen molar-refractivity contribution in [3.05, 3.63) is 111 Å². The number of nitrogens with one attached hydrogen (secondary N) is 1. The lowest BCUT2D eigenvalue weighted by atomic mass is 9.97. The average molecular weight is 570 g/mol. The SMILES string of the molecule is O=C1c2cc3cc4c(cc3cc2C(=O)C1c1nc2ccc(O)cc2c(=O)[nH]1)C(=O)N(c1ccc(C2CCCC2)cc1)C4=O. The van der Waals surface area contributed by atoms with Gasteiger partial charge in [0.05, 0.1) is 27.7 Å². The summed E-state index contributed by atoms with van der Waals surface area (Å²) in [5.41, 5.74) is 2.16. The molecule has 210 valence electrons. The monoisotopic (exact) mass is 569 g/mol. The lowest BCUT2D eigenvalue weighted by Crippen LogP contribution is -2.29. The number of hydrogen-bond acceptors (Lipinski definition) is 7. The molecular formula is C34H23N3O6. The molecule has 1 aliphatic heterocycles. The van der Waals surface area contributed by atoms with Crippen molar-refractivity contribution in [1.82, 2.24) is 9.97 Å². The van der Waals surface area contributed by atoms with Crippen molar-refractivity contribution < 1.29 is 24.3 Å². The molecule has 0 bridgehead atoms. The zero-order chi connectivity index (χ0) is 29.6. The second-order valence-electron chi connectivity index (χ2n) is 11.5. The van der Waals surface area contributed by atoms with Gasteiger partial charge < -0.3 is 10.1 Å². The maximum atomic E-state index is 13.5. The minimum atomic E-state index is -1.34. The zero-order valence-electron chi connectivity index (χ0n) is 22.7. The Bertz CT molecular complexity index is 2080. The van der Waals surface area contributed by atoms with E-state index in [2.05, 4.69) is 9.97 Å². The quantitative estimate of drug-likeness (QED) is 0.219. The Labute approximate surface area is 243 Å². The molecule has 0 atom stereocenters. The van der Waals surface area contributed by atoms with Gasteiger partial charge in [0.15, 0.2) is 11.6 Å². The first-order valence-corrected chi connectivity index (χ1v) is 14.2. The molecule has 0 saturated heterocycles. The summed E-state index contributed by atoms with van der Waals surface area (Å²) in [5, 5.41) is 10.9. The summed E-state index contributed by atoms with van der Waals surface area (Å²) in [7, 11) is 0. The van der Waals surface area contributed by atoms with E-state index in [1.165, 1.54) is 41.5 Å². The van der Waals surface area contributed by atoms with Crippen LogP contribution in [0.4, 0.5) is 5.69 Å². The topological polar surface area (TPSA) is 138 Å². The van der Waals surface area contributed by atoms with Crippen LogP contribution in [0.1, 0.15) is 90.3 Å². The third-order valence-electron chi connectivity index (χ3n) is 8.99. The van der Waals surface area contributed by atoms with Crippen LogP contribution >= 0.6 is 0 Å². The molecule has 0 spiro atoms. The van der Waals surface area contributed by atoms with E-state index in [1.807, 2.05) is 24.3 Å². The molecule has 1 saturated carbocycles. The molecule has 4 aromatic carbocycles. The summed E-state index contributed by atoms with van der Waals surface area (Å²) in [6.07, 6.45) is 4.73. The first kappa shape index (κ1) is 25.3. The van der Waals surface area contributed by atoms with Gasteiger partial charge in [-0.15, -0.1) is 0 Å². The van der Waals surface area contributed by atoms with Gasteiger partial charge in [0.2, 0.25) is 0 Å². The highest BCUT2D eigenvalue weighted by molar-refractivity contribution is 6.36. The number of aromatic nitrogens is 2. The van der Waals surface area contributed by atoms with Gasteiger partial charge in [-0.25, -0.2) is 9.88 Å². The van der Waals surface area contributed by atoms with Gasteiger partial charge in [-0.05, 0) is 89.7 Å². The Morgan fingerprint density at radius 2 is 1.30 bits per heavy atom. The summed E-state index contributed by atoms with van der Waals surface area (Å²) in [5.74, 6) is -2.94. The van der Waals surface area contributed by atoms with E-state index in [0.717, 1.165) is 12.8 Å². The smallest absolute Gasteiger partial charge is 0.266 e. The molecule has 5 aromatic rings. The summed E-state index contributed by atoms with van der Waals surface area (Å²) in [6.45, 7) is 0. The number of fused-ring (bicyclic) bond motifs is 4. The van der Waals surface area contributed by atoms with E-state index in [9.17, 15) is 29.1 Å². The van der Waals surface area contributed by atoms with Crippen LogP contribution in [0.3, 0.4) is 0 Å². The number of ketones is 2. The summed E-state index contributed by atoms with van der Waals surface area (Å²) in [4.78, 5) is 74.7. The van der Waals surface area contributed by atoms with Crippen LogP contribution in [-0.4, -0.2) is 38.5 Å². The molecule has 2 aliphatic carbocycles. The molecule has 43 heavy (non-hydrogen) atoms. The Hall–Kier alpha value is -5.44. The van der Waals surface area contributed by atoms with Crippen LogP contribution in [0, 0.1) is 0 Å². The van der Waals surface area contributed by atoms with Gasteiger partial charge in [-0.3, -0.25) is 24.0 Å². The molecule has 9 nitrogen and oxygen atoms in total. The van der Waals surface area contributed by atoms with Crippen molar-refractivity contribution in [2.45, 2.75) is 37.5 Å². The lowest BCUT2D eigenvalue weighted by molar-refractivity contribution is 0.0880. The second-order valence-corrected chi connectivity index (χ2v) is 11.5. The van der Waals surface area contributed by atoms with Crippen LogP contribution in [0.2, 0.25) is 0 Å². The maximum Gasteiger partial charge on any atom is 0.266 e.